The first-order valence-corrected chi connectivity index (χ1v) is 6.90. The van der Waals surface area contributed by atoms with Crippen molar-refractivity contribution in [3.05, 3.63) is 42.2 Å². The highest BCUT2D eigenvalue weighted by Gasteiger charge is 2.12. The largest absolute Gasteiger partial charge is 0.492 e. The summed E-state index contributed by atoms with van der Waals surface area (Å²) in [5.41, 5.74) is 6.85. The van der Waals surface area contributed by atoms with Crippen LogP contribution in [0.4, 0.5) is 5.69 Å². The van der Waals surface area contributed by atoms with Gasteiger partial charge in [0.05, 0.1) is 18.8 Å². The van der Waals surface area contributed by atoms with Crippen molar-refractivity contribution in [2.24, 2.45) is 0 Å². The Morgan fingerprint density at radius 2 is 2.33 bits per heavy atom. The third-order valence-corrected chi connectivity index (χ3v) is 2.97. The van der Waals surface area contributed by atoms with Gasteiger partial charge in [-0.05, 0) is 38.1 Å². The number of amides is 1. The average Bonchev–Trinajstić information content (AvgIpc) is 2.93. The predicted octanol–water partition coefficient (Wildman–Crippen LogP) is 1.68. The van der Waals surface area contributed by atoms with Crippen LogP contribution in [0, 0.1) is 0 Å². The molecule has 6 heteroatoms. The van der Waals surface area contributed by atoms with Crippen molar-refractivity contribution in [1.29, 1.82) is 0 Å². The van der Waals surface area contributed by atoms with Crippen LogP contribution in [0.25, 0.3) is 0 Å². The normalized spacial score (nSPS) is 11.9. The van der Waals surface area contributed by atoms with E-state index >= 15 is 0 Å². The van der Waals surface area contributed by atoms with Gasteiger partial charge in [-0.25, -0.2) is 0 Å². The Hall–Kier alpha value is -2.50. The number of nitrogens with zero attached hydrogens (tertiary/aromatic N) is 2. The van der Waals surface area contributed by atoms with Crippen LogP contribution in [0.5, 0.6) is 5.75 Å². The summed E-state index contributed by atoms with van der Waals surface area (Å²) in [6, 6.07) is 6.86. The number of benzene rings is 1. The maximum atomic E-state index is 12.2. The zero-order valence-corrected chi connectivity index (χ0v) is 12.2. The first-order chi connectivity index (χ1) is 10.1. The van der Waals surface area contributed by atoms with Gasteiger partial charge in [0, 0.05) is 24.0 Å². The van der Waals surface area contributed by atoms with E-state index in [1.807, 2.05) is 26.1 Å². The first kappa shape index (κ1) is 14.9. The summed E-state index contributed by atoms with van der Waals surface area (Å²) in [6.07, 6.45) is 3.57. The molecule has 0 aliphatic carbocycles. The van der Waals surface area contributed by atoms with Gasteiger partial charge in [0.2, 0.25) is 0 Å². The van der Waals surface area contributed by atoms with Gasteiger partial charge in [0.15, 0.2) is 0 Å². The molecule has 1 unspecified atom stereocenters. The molecule has 0 aliphatic heterocycles. The molecule has 0 saturated carbocycles. The molecule has 6 nitrogen and oxygen atoms in total. The standard InChI is InChI=1S/C15H20N4O2/c1-3-21-14-6-5-12(9-13(14)16)15(20)18-11(2)10-19-8-4-7-17-19/h4-9,11H,3,10,16H2,1-2H3,(H,18,20). The van der Waals surface area contributed by atoms with E-state index in [1.165, 1.54) is 0 Å². The molecule has 2 rings (SSSR count). The van der Waals surface area contributed by atoms with Crippen LogP contribution in [0.3, 0.4) is 0 Å². The fourth-order valence-corrected chi connectivity index (χ4v) is 2.02. The molecule has 0 saturated heterocycles. The van der Waals surface area contributed by atoms with E-state index in [0.717, 1.165) is 0 Å². The van der Waals surface area contributed by atoms with Crippen LogP contribution in [0.2, 0.25) is 0 Å². The molecule has 0 spiro atoms. The molecule has 1 amide bonds. The van der Waals surface area contributed by atoms with Gasteiger partial charge in [-0.2, -0.15) is 5.10 Å². The second-order valence-electron chi connectivity index (χ2n) is 4.79. The summed E-state index contributed by atoms with van der Waals surface area (Å²) < 4.78 is 7.13. The number of nitrogens with two attached hydrogens (primary N) is 1. The lowest BCUT2D eigenvalue weighted by atomic mass is 10.1. The summed E-state index contributed by atoms with van der Waals surface area (Å²) in [4.78, 5) is 12.2. The molecule has 0 bridgehead atoms. The van der Waals surface area contributed by atoms with Crippen molar-refractivity contribution < 1.29 is 9.53 Å². The smallest absolute Gasteiger partial charge is 0.251 e. The number of nitrogen functional groups attached to an aromatic ring is 1. The van der Waals surface area contributed by atoms with Crippen molar-refractivity contribution in [2.75, 3.05) is 12.3 Å². The van der Waals surface area contributed by atoms with Crippen LogP contribution in [-0.4, -0.2) is 28.3 Å². The lowest BCUT2D eigenvalue weighted by Gasteiger charge is -2.15. The van der Waals surface area contributed by atoms with Gasteiger partial charge in [-0.1, -0.05) is 0 Å². The van der Waals surface area contributed by atoms with Crippen molar-refractivity contribution in [1.82, 2.24) is 15.1 Å². The predicted molar refractivity (Wildman–Crippen MR) is 81.2 cm³/mol. The fraction of sp³-hybridized carbons (Fsp3) is 0.333. The number of aromatic nitrogens is 2. The highest BCUT2D eigenvalue weighted by Crippen LogP contribution is 2.22. The Kier molecular flexibility index (Phi) is 4.81. The molecule has 0 aliphatic rings. The van der Waals surface area contributed by atoms with Gasteiger partial charge in [0.1, 0.15) is 5.75 Å². The number of carbonyl (C=O) groups is 1. The number of nitrogens with one attached hydrogen (secondary N) is 1. The van der Waals surface area contributed by atoms with Gasteiger partial charge in [0.25, 0.3) is 5.91 Å². The second kappa shape index (κ2) is 6.78. The third-order valence-electron chi connectivity index (χ3n) is 2.97. The van der Waals surface area contributed by atoms with E-state index in [9.17, 15) is 4.79 Å². The summed E-state index contributed by atoms with van der Waals surface area (Å²) in [7, 11) is 0. The number of rotatable bonds is 6. The Labute approximate surface area is 123 Å². The van der Waals surface area contributed by atoms with Crippen LogP contribution < -0.4 is 15.8 Å². The minimum Gasteiger partial charge on any atom is -0.492 e. The van der Waals surface area contributed by atoms with Crippen LogP contribution >= 0.6 is 0 Å². The number of carbonyl (C=O) groups excluding carboxylic acids is 1. The van der Waals surface area contributed by atoms with Crippen molar-refractivity contribution >= 4 is 11.6 Å². The Bertz CT molecular complexity index is 596. The van der Waals surface area contributed by atoms with Gasteiger partial charge in [-0.15, -0.1) is 0 Å². The van der Waals surface area contributed by atoms with E-state index in [1.54, 1.807) is 29.1 Å². The molecule has 1 heterocycles. The number of hydrogen-bond acceptors (Lipinski definition) is 4. The van der Waals surface area contributed by atoms with E-state index < -0.39 is 0 Å². The van der Waals surface area contributed by atoms with Crippen molar-refractivity contribution in [3.8, 4) is 5.75 Å². The fourth-order valence-electron chi connectivity index (χ4n) is 2.02. The maximum absolute atomic E-state index is 12.2. The Morgan fingerprint density at radius 1 is 1.52 bits per heavy atom. The molecule has 1 atom stereocenters. The maximum Gasteiger partial charge on any atom is 0.251 e. The Morgan fingerprint density at radius 3 is 2.95 bits per heavy atom. The zero-order chi connectivity index (χ0) is 15.2. The molecule has 2 aromatic rings. The lowest BCUT2D eigenvalue weighted by Crippen LogP contribution is -2.35. The van der Waals surface area contributed by atoms with Crippen LogP contribution in [0.15, 0.2) is 36.7 Å². The molecular formula is C15H20N4O2. The molecule has 0 fully saturated rings. The molecule has 1 aromatic heterocycles. The first-order valence-electron chi connectivity index (χ1n) is 6.90. The average molecular weight is 288 g/mol. The highest BCUT2D eigenvalue weighted by atomic mass is 16.5. The number of ether oxygens (including phenoxy) is 1. The lowest BCUT2D eigenvalue weighted by molar-refractivity contribution is 0.0936. The SMILES string of the molecule is CCOc1ccc(C(=O)NC(C)Cn2cccn2)cc1N. The molecule has 0 radical (unpaired) electrons. The quantitative estimate of drug-likeness (QED) is 0.792. The number of hydrogen-bond donors (Lipinski definition) is 2. The molecular weight excluding hydrogens is 268 g/mol. The van der Waals surface area contributed by atoms with Crippen molar-refractivity contribution in [3.63, 3.8) is 0 Å². The zero-order valence-electron chi connectivity index (χ0n) is 12.2. The molecule has 21 heavy (non-hydrogen) atoms. The monoisotopic (exact) mass is 288 g/mol. The minimum absolute atomic E-state index is 0.0369. The number of anilines is 1. The summed E-state index contributed by atoms with van der Waals surface area (Å²) in [5, 5.41) is 7.03. The van der Waals surface area contributed by atoms with Gasteiger partial charge in [-0.3, -0.25) is 9.48 Å². The highest BCUT2D eigenvalue weighted by molar-refractivity contribution is 5.95. The van der Waals surface area contributed by atoms with Crippen molar-refractivity contribution in [2.45, 2.75) is 26.4 Å². The van der Waals surface area contributed by atoms with Gasteiger partial charge >= 0.3 is 0 Å². The molecule has 3 N–H and O–H groups in total. The van der Waals surface area contributed by atoms with Crippen LogP contribution in [-0.2, 0) is 6.54 Å². The third kappa shape index (κ3) is 3.98. The summed E-state index contributed by atoms with van der Waals surface area (Å²) >= 11 is 0. The molecule has 1 aromatic carbocycles. The second-order valence-corrected chi connectivity index (χ2v) is 4.79. The minimum atomic E-state index is -0.163. The topological polar surface area (TPSA) is 82.2 Å². The van der Waals surface area contributed by atoms with E-state index in [2.05, 4.69) is 10.4 Å². The van der Waals surface area contributed by atoms with E-state index in [4.69, 9.17) is 10.5 Å². The van der Waals surface area contributed by atoms with E-state index in [0.29, 0.717) is 30.2 Å². The van der Waals surface area contributed by atoms with Crippen LogP contribution in [0.1, 0.15) is 24.2 Å². The van der Waals surface area contributed by atoms with Gasteiger partial charge < -0.3 is 15.8 Å². The molecule has 112 valence electrons. The Balaban J connectivity index is 1.98. The summed E-state index contributed by atoms with van der Waals surface area (Å²) in [5.74, 6) is 0.433. The summed E-state index contributed by atoms with van der Waals surface area (Å²) in [6.45, 7) is 4.97. The van der Waals surface area contributed by atoms with E-state index in [-0.39, 0.29) is 11.9 Å².